The van der Waals surface area contributed by atoms with Crippen LogP contribution in [0.15, 0.2) is 48.5 Å². The molecule has 0 heterocycles. The zero-order valence-electron chi connectivity index (χ0n) is 14.2. The number of benzene rings is 2. The molecular weight excluding hydrogens is 361 g/mol. The van der Waals surface area contributed by atoms with E-state index < -0.39 is 23.9 Å². The summed E-state index contributed by atoms with van der Waals surface area (Å²) >= 11 is 5.76. The standard InChI is InChI=1S/C19H19ClFNO4/c1-2-10-22(19(25)26-12-13-6-4-3-5-7-13)17(18(23)24)14-8-9-16(21)15(20)11-14/h3-9,11,17H,2,10,12H2,1H3,(H,23,24). The van der Waals surface area contributed by atoms with Crippen LogP contribution in [0, 0.1) is 5.82 Å². The van der Waals surface area contributed by atoms with E-state index in [1.165, 1.54) is 12.1 Å². The smallest absolute Gasteiger partial charge is 0.411 e. The molecule has 0 bridgehead atoms. The molecule has 1 amide bonds. The number of amides is 1. The number of carboxylic acid groups (broad SMARTS) is 1. The first-order chi connectivity index (χ1) is 12.4. The molecule has 26 heavy (non-hydrogen) atoms. The quantitative estimate of drug-likeness (QED) is 0.760. The van der Waals surface area contributed by atoms with Crippen molar-refractivity contribution in [2.24, 2.45) is 0 Å². The van der Waals surface area contributed by atoms with Gasteiger partial charge in [0.2, 0.25) is 0 Å². The number of carbonyl (C=O) groups is 2. The fourth-order valence-corrected chi connectivity index (χ4v) is 2.70. The SMILES string of the molecule is CCCN(C(=O)OCc1ccccc1)C(C(=O)O)c1ccc(F)c(Cl)c1. The summed E-state index contributed by atoms with van der Waals surface area (Å²) in [6.45, 7) is 2.00. The van der Waals surface area contributed by atoms with Crippen LogP contribution in [-0.2, 0) is 16.1 Å². The highest BCUT2D eigenvalue weighted by Gasteiger charge is 2.32. The molecule has 2 aromatic rings. The van der Waals surface area contributed by atoms with Crippen molar-refractivity contribution in [1.29, 1.82) is 0 Å². The lowest BCUT2D eigenvalue weighted by molar-refractivity contribution is -0.143. The number of halogens is 2. The number of hydrogen-bond donors (Lipinski definition) is 1. The molecule has 5 nitrogen and oxygen atoms in total. The van der Waals surface area contributed by atoms with E-state index in [1.54, 1.807) is 12.1 Å². The Morgan fingerprint density at radius 3 is 2.50 bits per heavy atom. The van der Waals surface area contributed by atoms with Crippen molar-refractivity contribution in [2.45, 2.75) is 26.0 Å². The van der Waals surface area contributed by atoms with E-state index >= 15 is 0 Å². The van der Waals surface area contributed by atoms with E-state index in [9.17, 15) is 19.1 Å². The van der Waals surface area contributed by atoms with E-state index in [0.717, 1.165) is 16.5 Å². The number of hydrogen-bond acceptors (Lipinski definition) is 3. The van der Waals surface area contributed by atoms with Gasteiger partial charge in [-0.15, -0.1) is 0 Å². The normalized spacial score (nSPS) is 11.7. The van der Waals surface area contributed by atoms with Gasteiger partial charge in [-0.3, -0.25) is 4.90 Å². The van der Waals surface area contributed by atoms with Gasteiger partial charge in [-0.2, -0.15) is 0 Å². The summed E-state index contributed by atoms with van der Waals surface area (Å²) in [6.07, 6.45) is -0.234. The Labute approximate surface area is 156 Å². The van der Waals surface area contributed by atoms with Crippen molar-refractivity contribution in [1.82, 2.24) is 4.90 Å². The molecule has 1 atom stereocenters. The Morgan fingerprint density at radius 2 is 1.92 bits per heavy atom. The van der Waals surface area contributed by atoms with E-state index in [2.05, 4.69) is 0 Å². The second kappa shape index (κ2) is 9.20. The molecule has 0 aliphatic heterocycles. The fourth-order valence-electron chi connectivity index (χ4n) is 2.51. The van der Waals surface area contributed by atoms with Gasteiger partial charge in [0.15, 0.2) is 6.04 Å². The number of carbonyl (C=O) groups excluding carboxylic acids is 1. The average molecular weight is 380 g/mol. The van der Waals surface area contributed by atoms with Crippen LogP contribution in [0.1, 0.15) is 30.5 Å². The monoisotopic (exact) mass is 379 g/mol. The van der Waals surface area contributed by atoms with Gasteiger partial charge in [0.25, 0.3) is 0 Å². The topological polar surface area (TPSA) is 66.8 Å². The van der Waals surface area contributed by atoms with Gasteiger partial charge in [-0.05, 0) is 29.7 Å². The third kappa shape index (κ3) is 4.95. The third-order valence-corrected chi connectivity index (χ3v) is 4.00. The van der Waals surface area contributed by atoms with Gasteiger partial charge in [-0.25, -0.2) is 14.0 Å². The molecule has 0 fully saturated rings. The predicted octanol–water partition coefficient (Wildman–Crippen LogP) is 4.65. The predicted molar refractivity (Wildman–Crippen MR) is 95.4 cm³/mol. The molecular formula is C19H19ClFNO4. The van der Waals surface area contributed by atoms with Gasteiger partial charge >= 0.3 is 12.1 Å². The van der Waals surface area contributed by atoms with Crippen LogP contribution in [0.4, 0.5) is 9.18 Å². The van der Waals surface area contributed by atoms with Gasteiger partial charge in [0, 0.05) is 6.54 Å². The van der Waals surface area contributed by atoms with Crippen molar-refractivity contribution in [2.75, 3.05) is 6.54 Å². The van der Waals surface area contributed by atoms with Crippen molar-refractivity contribution < 1.29 is 23.8 Å². The van der Waals surface area contributed by atoms with E-state index in [-0.39, 0.29) is 23.7 Å². The third-order valence-electron chi connectivity index (χ3n) is 3.71. The molecule has 0 aliphatic carbocycles. The molecule has 2 aromatic carbocycles. The lowest BCUT2D eigenvalue weighted by Crippen LogP contribution is -2.39. The molecule has 0 aliphatic rings. The number of carboxylic acids is 1. The number of nitrogens with zero attached hydrogens (tertiary/aromatic N) is 1. The van der Waals surface area contributed by atoms with Gasteiger partial charge in [0.1, 0.15) is 12.4 Å². The largest absolute Gasteiger partial charge is 0.479 e. The molecule has 2 rings (SSSR count). The number of aliphatic carboxylic acids is 1. The number of rotatable bonds is 7. The molecule has 0 spiro atoms. The minimum absolute atomic E-state index is 0.0242. The molecule has 7 heteroatoms. The van der Waals surface area contributed by atoms with Crippen molar-refractivity contribution >= 4 is 23.7 Å². The Hall–Kier alpha value is -2.60. The van der Waals surface area contributed by atoms with E-state index in [4.69, 9.17) is 16.3 Å². The minimum atomic E-state index is -1.32. The van der Waals surface area contributed by atoms with Gasteiger partial charge in [-0.1, -0.05) is 54.9 Å². The summed E-state index contributed by atoms with van der Waals surface area (Å²) in [5.41, 5.74) is 0.989. The lowest BCUT2D eigenvalue weighted by atomic mass is 10.1. The Balaban J connectivity index is 2.23. The van der Waals surface area contributed by atoms with Crippen LogP contribution in [0.2, 0.25) is 5.02 Å². The van der Waals surface area contributed by atoms with Crippen molar-refractivity contribution in [3.63, 3.8) is 0 Å². The highest BCUT2D eigenvalue weighted by Crippen LogP contribution is 2.26. The first-order valence-electron chi connectivity index (χ1n) is 8.09. The molecule has 0 saturated heterocycles. The number of ether oxygens (including phenoxy) is 1. The summed E-state index contributed by atoms with van der Waals surface area (Å²) < 4.78 is 18.7. The maximum absolute atomic E-state index is 13.4. The molecule has 0 radical (unpaired) electrons. The zero-order valence-corrected chi connectivity index (χ0v) is 14.9. The molecule has 0 saturated carbocycles. The summed E-state index contributed by atoms with van der Waals surface area (Å²) in [6, 6.07) is 11.3. The summed E-state index contributed by atoms with van der Waals surface area (Å²) in [5.74, 6) is -1.91. The van der Waals surface area contributed by atoms with Crippen LogP contribution >= 0.6 is 11.6 Å². The first kappa shape index (κ1) is 19.7. The zero-order chi connectivity index (χ0) is 19.1. The molecule has 0 aromatic heterocycles. The summed E-state index contributed by atoms with van der Waals surface area (Å²) in [4.78, 5) is 25.4. The highest BCUT2D eigenvalue weighted by molar-refractivity contribution is 6.30. The van der Waals surface area contributed by atoms with Crippen molar-refractivity contribution in [3.8, 4) is 0 Å². The molecule has 1 unspecified atom stereocenters. The van der Waals surface area contributed by atoms with E-state index in [0.29, 0.717) is 6.42 Å². The lowest BCUT2D eigenvalue weighted by Gasteiger charge is -2.28. The first-order valence-corrected chi connectivity index (χ1v) is 8.47. The van der Waals surface area contributed by atoms with Crippen molar-refractivity contribution in [3.05, 3.63) is 70.5 Å². The van der Waals surface area contributed by atoms with Crippen LogP contribution in [0.3, 0.4) is 0 Å². The second-order valence-electron chi connectivity index (χ2n) is 5.65. The van der Waals surface area contributed by atoms with Crippen LogP contribution in [0.5, 0.6) is 0 Å². The van der Waals surface area contributed by atoms with Gasteiger partial charge < -0.3 is 9.84 Å². The fraction of sp³-hybridized carbons (Fsp3) is 0.263. The van der Waals surface area contributed by atoms with Crippen LogP contribution in [-0.4, -0.2) is 28.6 Å². The summed E-state index contributed by atoms with van der Waals surface area (Å²) in [5, 5.41) is 9.43. The second-order valence-corrected chi connectivity index (χ2v) is 6.06. The Kier molecular flexibility index (Phi) is 6.97. The van der Waals surface area contributed by atoms with Crippen LogP contribution < -0.4 is 0 Å². The highest BCUT2D eigenvalue weighted by atomic mass is 35.5. The minimum Gasteiger partial charge on any atom is -0.479 e. The van der Waals surface area contributed by atoms with E-state index in [1.807, 2.05) is 25.1 Å². The molecule has 1 N–H and O–H groups in total. The maximum Gasteiger partial charge on any atom is 0.411 e. The maximum atomic E-state index is 13.4. The van der Waals surface area contributed by atoms with Crippen LogP contribution in [0.25, 0.3) is 0 Å². The molecule has 138 valence electrons. The average Bonchev–Trinajstić information content (AvgIpc) is 2.63. The summed E-state index contributed by atoms with van der Waals surface area (Å²) in [7, 11) is 0. The Bertz CT molecular complexity index is 769. The van der Waals surface area contributed by atoms with Gasteiger partial charge in [0.05, 0.1) is 5.02 Å². The Morgan fingerprint density at radius 1 is 1.23 bits per heavy atom.